The highest BCUT2D eigenvalue weighted by molar-refractivity contribution is 7.99. The molecule has 0 aliphatic carbocycles. The van der Waals surface area contributed by atoms with E-state index in [1.165, 1.54) is 23.9 Å². The lowest BCUT2D eigenvalue weighted by atomic mass is 10.1. The zero-order valence-electron chi connectivity index (χ0n) is 10.7. The molecular formula is C14H13ClN2O2S. The summed E-state index contributed by atoms with van der Waals surface area (Å²) in [6.07, 6.45) is 0. The van der Waals surface area contributed by atoms with Crippen LogP contribution in [0.4, 0.5) is 5.69 Å². The Hall–Kier alpha value is -1.56. The molecule has 0 aliphatic heterocycles. The van der Waals surface area contributed by atoms with Crippen molar-refractivity contribution in [3.05, 3.63) is 63.2 Å². The highest BCUT2D eigenvalue weighted by atomic mass is 35.5. The number of nitro benzene ring substituents is 1. The van der Waals surface area contributed by atoms with Crippen LogP contribution >= 0.6 is 23.4 Å². The number of nitrogens with zero attached hydrogens (tertiary/aromatic N) is 1. The van der Waals surface area contributed by atoms with E-state index in [-0.39, 0.29) is 11.7 Å². The van der Waals surface area contributed by atoms with E-state index < -0.39 is 4.92 Å². The molecule has 0 aliphatic rings. The fraction of sp³-hybridized carbons (Fsp3) is 0.143. The van der Waals surface area contributed by atoms with E-state index >= 15 is 0 Å². The van der Waals surface area contributed by atoms with Crippen molar-refractivity contribution in [3.63, 3.8) is 0 Å². The molecule has 0 saturated heterocycles. The smallest absolute Gasteiger partial charge is 0.269 e. The Labute approximate surface area is 126 Å². The van der Waals surface area contributed by atoms with E-state index in [2.05, 4.69) is 0 Å². The summed E-state index contributed by atoms with van der Waals surface area (Å²) in [5, 5.41) is 11.2. The molecule has 1 unspecified atom stereocenters. The van der Waals surface area contributed by atoms with Gasteiger partial charge in [0.2, 0.25) is 0 Å². The third-order valence-corrected chi connectivity index (χ3v) is 4.07. The van der Waals surface area contributed by atoms with Gasteiger partial charge in [-0.05, 0) is 36.8 Å². The van der Waals surface area contributed by atoms with Crippen molar-refractivity contribution in [1.82, 2.24) is 0 Å². The Balaban J connectivity index is 2.17. The Morgan fingerprint density at radius 2 is 1.80 bits per heavy atom. The van der Waals surface area contributed by atoms with E-state index in [1.54, 1.807) is 12.1 Å². The third-order valence-electron chi connectivity index (χ3n) is 2.75. The first-order valence-electron chi connectivity index (χ1n) is 5.94. The maximum Gasteiger partial charge on any atom is 0.269 e. The van der Waals surface area contributed by atoms with Crippen LogP contribution in [0.3, 0.4) is 0 Å². The first kappa shape index (κ1) is 14.8. The third kappa shape index (κ3) is 3.50. The minimum atomic E-state index is -0.414. The monoisotopic (exact) mass is 308 g/mol. The van der Waals surface area contributed by atoms with Crippen molar-refractivity contribution in [2.24, 2.45) is 5.73 Å². The van der Waals surface area contributed by atoms with Gasteiger partial charge in [0.25, 0.3) is 5.69 Å². The van der Waals surface area contributed by atoms with Gasteiger partial charge in [0.05, 0.1) is 4.92 Å². The summed E-state index contributed by atoms with van der Waals surface area (Å²) in [5.74, 6) is 0. The Bertz CT molecular complexity index is 630. The molecule has 2 aromatic carbocycles. The van der Waals surface area contributed by atoms with Crippen LogP contribution in [0, 0.1) is 10.1 Å². The summed E-state index contributed by atoms with van der Waals surface area (Å²) >= 11 is 7.67. The molecule has 2 rings (SSSR count). The van der Waals surface area contributed by atoms with Crippen molar-refractivity contribution in [1.29, 1.82) is 0 Å². The van der Waals surface area contributed by atoms with Crippen LogP contribution in [-0.4, -0.2) is 4.92 Å². The molecule has 0 heterocycles. The van der Waals surface area contributed by atoms with E-state index in [0.717, 1.165) is 15.4 Å². The summed E-state index contributed by atoms with van der Waals surface area (Å²) < 4.78 is 0. The molecule has 0 radical (unpaired) electrons. The molecule has 0 bridgehead atoms. The zero-order chi connectivity index (χ0) is 14.7. The van der Waals surface area contributed by atoms with Gasteiger partial charge >= 0.3 is 0 Å². The molecule has 4 nitrogen and oxygen atoms in total. The van der Waals surface area contributed by atoms with Crippen molar-refractivity contribution in [2.45, 2.75) is 22.8 Å². The molecule has 0 spiro atoms. The van der Waals surface area contributed by atoms with E-state index in [9.17, 15) is 10.1 Å². The maximum absolute atomic E-state index is 10.6. The van der Waals surface area contributed by atoms with Crippen LogP contribution in [0.5, 0.6) is 0 Å². The van der Waals surface area contributed by atoms with Gasteiger partial charge in [-0.3, -0.25) is 10.1 Å². The van der Waals surface area contributed by atoms with Gasteiger partial charge in [-0.25, -0.2) is 0 Å². The van der Waals surface area contributed by atoms with Crippen molar-refractivity contribution in [3.8, 4) is 0 Å². The van der Waals surface area contributed by atoms with E-state index in [4.69, 9.17) is 17.3 Å². The van der Waals surface area contributed by atoms with Gasteiger partial charge in [0.15, 0.2) is 0 Å². The molecule has 20 heavy (non-hydrogen) atoms. The maximum atomic E-state index is 10.6. The first-order chi connectivity index (χ1) is 9.47. The lowest BCUT2D eigenvalue weighted by molar-refractivity contribution is -0.384. The van der Waals surface area contributed by atoms with Crippen molar-refractivity contribution in [2.75, 3.05) is 0 Å². The summed E-state index contributed by atoms with van der Waals surface area (Å²) in [6.45, 7) is 1.88. The lowest BCUT2D eigenvalue weighted by Crippen LogP contribution is -2.05. The largest absolute Gasteiger partial charge is 0.324 e. The SMILES string of the molecule is CC(N)c1ccc(Sc2ccc([N+](=O)[O-])cc2)cc1Cl. The average Bonchev–Trinajstić information content (AvgIpc) is 2.39. The molecule has 0 amide bonds. The number of hydrogen-bond acceptors (Lipinski definition) is 4. The number of nitrogens with two attached hydrogens (primary N) is 1. The molecule has 1 atom stereocenters. The van der Waals surface area contributed by atoms with E-state index in [1.807, 2.05) is 25.1 Å². The molecule has 0 aromatic heterocycles. The molecular weight excluding hydrogens is 296 g/mol. The fourth-order valence-corrected chi connectivity index (χ4v) is 2.99. The van der Waals surface area contributed by atoms with Crippen molar-refractivity contribution >= 4 is 29.1 Å². The van der Waals surface area contributed by atoms with Gasteiger partial charge in [0, 0.05) is 33.0 Å². The summed E-state index contributed by atoms with van der Waals surface area (Å²) in [4.78, 5) is 12.1. The second kappa shape index (κ2) is 6.26. The summed E-state index contributed by atoms with van der Waals surface area (Å²) in [7, 11) is 0. The highest BCUT2D eigenvalue weighted by Crippen LogP contribution is 2.32. The average molecular weight is 309 g/mol. The second-order valence-corrected chi connectivity index (χ2v) is 5.88. The second-order valence-electron chi connectivity index (χ2n) is 4.33. The molecule has 2 N–H and O–H groups in total. The minimum absolute atomic E-state index is 0.0830. The number of halogens is 1. The van der Waals surface area contributed by atoms with Gasteiger partial charge < -0.3 is 5.73 Å². The topological polar surface area (TPSA) is 69.2 Å². The minimum Gasteiger partial charge on any atom is -0.324 e. The van der Waals surface area contributed by atoms with Gasteiger partial charge in [-0.15, -0.1) is 0 Å². The normalized spacial score (nSPS) is 12.2. The number of benzene rings is 2. The van der Waals surface area contributed by atoms with Crippen LogP contribution < -0.4 is 5.73 Å². The van der Waals surface area contributed by atoms with Gasteiger partial charge in [-0.2, -0.15) is 0 Å². The molecule has 0 fully saturated rings. The van der Waals surface area contributed by atoms with Gasteiger partial charge in [0.1, 0.15) is 0 Å². The predicted octanol–water partition coefficient (Wildman–Crippen LogP) is 4.42. The zero-order valence-corrected chi connectivity index (χ0v) is 12.3. The van der Waals surface area contributed by atoms with Crippen LogP contribution in [-0.2, 0) is 0 Å². The van der Waals surface area contributed by atoms with E-state index in [0.29, 0.717) is 5.02 Å². The quantitative estimate of drug-likeness (QED) is 0.670. The fourth-order valence-electron chi connectivity index (χ4n) is 1.71. The lowest BCUT2D eigenvalue weighted by Gasteiger charge is -2.09. The molecule has 104 valence electrons. The molecule has 2 aromatic rings. The summed E-state index contributed by atoms with van der Waals surface area (Å²) in [6, 6.07) is 12.0. The van der Waals surface area contributed by atoms with Crippen molar-refractivity contribution < 1.29 is 4.92 Å². The first-order valence-corrected chi connectivity index (χ1v) is 7.14. The van der Waals surface area contributed by atoms with Crippen LogP contribution in [0.25, 0.3) is 0 Å². The Morgan fingerprint density at radius 1 is 1.20 bits per heavy atom. The number of hydrogen-bond donors (Lipinski definition) is 1. The molecule has 6 heteroatoms. The highest BCUT2D eigenvalue weighted by Gasteiger charge is 2.08. The predicted molar refractivity (Wildman–Crippen MR) is 81.3 cm³/mol. The number of non-ortho nitro benzene ring substituents is 1. The Morgan fingerprint density at radius 3 is 2.30 bits per heavy atom. The summed E-state index contributed by atoms with van der Waals surface area (Å²) in [5.41, 5.74) is 6.79. The standard InChI is InChI=1S/C14H13ClN2O2S/c1-9(16)13-7-6-12(8-14(13)15)20-11-4-2-10(3-5-11)17(18)19/h2-9H,16H2,1H3. The van der Waals surface area contributed by atoms with Crippen LogP contribution in [0.15, 0.2) is 52.3 Å². The molecule has 0 saturated carbocycles. The number of nitro groups is 1. The van der Waals surface area contributed by atoms with Gasteiger partial charge in [-0.1, -0.05) is 29.4 Å². The number of rotatable bonds is 4. The Kier molecular flexibility index (Phi) is 4.65. The van der Waals surface area contributed by atoms with Crippen LogP contribution in [0.1, 0.15) is 18.5 Å². The van der Waals surface area contributed by atoms with Crippen LogP contribution in [0.2, 0.25) is 5.02 Å².